The SMILES string of the molecule is Cc1cccc(C)c1OCCNC(=O)c1ccc(-c2ccco2)[nH]c1=O. The van der Waals surface area contributed by atoms with Crippen LogP contribution in [-0.4, -0.2) is 24.0 Å². The number of aromatic nitrogens is 1. The summed E-state index contributed by atoms with van der Waals surface area (Å²) in [6.07, 6.45) is 1.52. The summed E-state index contributed by atoms with van der Waals surface area (Å²) in [5.41, 5.74) is 2.19. The Balaban J connectivity index is 1.58. The molecule has 0 saturated carbocycles. The van der Waals surface area contributed by atoms with E-state index in [0.29, 0.717) is 24.6 Å². The predicted molar refractivity (Wildman–Crippen MR) is 98.5 cm³/mol. The Labute approximate surface area is 150 Å². The van der Waals surface area contributed by atoms with Gasteiger partial charge in [-0.05, 0) is 49.2 Å². The lowest BCUT2D eigenvalue weighted by Crippen LogP contribution is -2.32. The van der Waals surface area contributed by atoms with Gasteiger partial charge in [0.25, 0.3) is 11.5 Å². The van der Waals surface area contributed by atoms with Crippen molar-refractivity contribution in [3.05, 3.63) is 75.8 Å². The number of carbonyl (C=O) groups is 1. The van der Waals surface area contributed by atoms with E-state index in [0.717, 1.165) is 16.9 Å². The molecule has 2 N–H and O–H groups in total. The van der Waals surface area contributed by atoms with Gasteiger partial charge < -0.3 is 19.5 Å². The molecule has 3 rings (SSSR count). The third kappa shape index (κ3) is 3.85. The molecule has 2 aromatic heterocycles. The van der Waals surface area contributed by atoms with Crippen LogP contribution in [0, 0.1) is 13.8 Å². The molecule has 0 aliphatic carbocycles. The molecule has 2 heterocycles. The number of nitrogens with one attached hydrogen (secondary N) is 2. The van der Waals surface area contributed by atoms with E-state index in [1.54, 1.807) is 18.2 Å². The molecule has 0 aliphatic heterocycles. The van der Waals surface area contributed by atoms with Crippen LogP contribution in [0.25, 0.3) is 11.5 Å². The zero-order valence-electron chi connectivity index (χ0n) is 14.7. The minimum Gasteiger partial charge on any atom is -0.491 e. The largest absolute Gasteiger partial charge is 0.491 e. The number of furan rings is 1. The number of aryl methyl sites for hydroxylation is 2. The van der Waals surface area contributed by atoms with Gasteiger partial charge in [-0.1, -0.05) is 18.2 Å². The normalized spacial score (nSPS) is 10.5. The van der Waals surface area contributed by atoms with Gasteiger partial charge in [0.05, 0.1) is 18.5 Å². The van der Waals surface area contributed by atoms with E-state index in [2.05, 4.69) is 10.3 Å². The molecule has 0 spiro atoms. The van der Waals surface area contributed by atoms with Crippen molar-refractivity contribution in [2.75, 3.05) is 13.2 Å². The Kier molecular flexibility index (Phi) is 5.22. The van der Waals surface area contributed by atoms with E-state index >= 15 is 0 Å². The minimum atomic E-state index is -0.466. The Morgan fingerprint density at radius 3 is 2.54 bits per heavy atom. The Hall–Kier alpha value is -3.28. The van der Waals surface area contributed by atoms with Crippen LogP contribution in [0.3, 0.4) is 0 Å². The van der Waals surface area contributed by atoms with Gasteiger partial charge in [-0.15, -0.1) is 0 Å². The zero-order valence-corrected chi connectivity index (χ0v) is 14.7. The van der Waals surface area contributed by atoms with Gasteiger partial charge in [-0.3, -0.25) is 9.59 Å². The van der Waals surface area contributed by atoms with Crippen molar-refractivity contribution in [3.8, 4) is 17.2 Å². The smallest absolute Gasteiger partial charge is 0.261 e. The van der Waals surface area contributed by atoms with Gasteiger partial charge in [0.2, 0.25) is 0 Å². The number of hydrogen-bond donors (Lipinski definition) is 2. The number of carbonyl (C=O) groups excluding carboxylic acids is 1. The highest BCUT2D eigenvalue weighted by atomic mass is 16.5. The lowest BCUT2D eigenvalue weighted by molar-refractivity contribution is 0.0945. The highest BCUT2D eigenvalue weighted by molar-refractivity contribution is 5.94. The molecule has 134 valence electrons. The summed E-state index contributed by atoms with van der Waals surface area (Å²) in [6, 6.07) is 12.5. The maximum atomic E-state index is 12.2. The standard InChI is InChI=1S/C20H20N2O4/c1-13-5-3-6-14(2)18(13)26-12-10-21-19(23)15-8-9-16(22-20(15)24)17-7-4-11-25-17/h3-9,11H,10,12H2,1-2H3,(H,21,23)(H,22,24). The van der Waals surface area contributed by atoms with E-state index in [9.17, 15) is 9.59 Å². The van der Waals surface area contributed by atoms with E-state index in [1.165, 1.54) is 12.3 Å². The second-order valence-electron chi connectivity index (χ2n) is 5.92. The van der Waals surface area contributed by atoms with Crippen molar-refractivity contribution in [2.24, 2.45) is 0 Å². The van der Waals surface area contributed by atoms with Gasteiger partial charge >= 0.3 is 0 Å². The molecular formula is C20H20N2O4. The van der Waals surface area contributed by atoms with Gasteiger partial charge in [0.15, 0.2) is 0 Å². The molecule has 0 bridgehead atoms. The van der Waals surface area contributed by atoms with Crippen LogP contribution in [-0.2, 0) is 0 Å². The molecule has 0 fully saturated rings. The van der Waals surface area contributed by atoms with Crippen LogP contribution in [0.4, 0.5) is 0 Å². The molecule has 0 aliphatic rings. The van der Waals surface area contributed by atoms with Crippen LogP contribution in [0.1, 0.15) is 21.5 Å². The molecule has 26 heavy (non-hydrogen) atoms. The Morgan fingerprint density at radius 2 is 1.88 bits per heavy atom. The molecule has 0 radical (unpaired) electrons. The highest BCUT2D eigenvalue weighted by Crippen LogP contribution is 2.22. The lowest BCUT2D eigenvalue weighted by atomic mass is 10.1. The first-order chi connectivity index (χ1) is 12.6. The van der Waals surface area contributed by atoms with Gasteiger partial charge in [-0.25, -0.2) is 0 Å². The number of hydrogen-bond acceptors (Lipinski definition) is 4. The average molecular weight is 352 g/mol. The number of para-hydroxylation sites is 1. The number of rotatable bonds is 6. The maximum Gasteiger partial charge on any atom is 0.261 e. The van der Waals surface area contributed by atoms with E-state index < -0.39 is 11.5 Å². The summed E-state index contributed by atoms with van der Waals surface area (Å²) in [6.45, 7) is 4.56. The number of aromatic amines is 1. The predicted octanol–water partition coefficient (Wildman–Crippen LogP) is 3.06. The summed E-state index contributed by atoms with van der Waals surface area (Å²) in [4.78, 5) is 27.0. The summed E-state index contributed by atoms with van der Waals surface area (Å²) in [7, 11) is 0. The number of H-pyrrole nitrogens is 1. The molecule has 6 heteroatoms. The highest BCUT2D eigenvalue weighted by Gasteiger charge is 2.12. The topological polar surface area (TPSA) is 84.3 Å². The third-order valence-corrected chi connectivity index (χ3v) is 3.98. The summed E-state index contributed by atoms with van der Waals surface area (Å²) in [5.74, 6) is 0.917. The minimum absolute atomic E-state index is 0.0485. The third-order valence-electron chi connectivity index (χ3n) is 3.98. The molecule has 1 aromatic carbocycles. The number of amides is 1. The maximum absolute atomic E-state index is 12.2. The quantitative estimate of drug-likeness (QED) is 0.668. The Morgan fingerprint density at radius 1 is 1.12 bits per heavy atom. The molecule has 0 unspecified atom stereocenters. The van der Waals surface area contributed by atoms with Gasteiger partial charge in [0, 0.05) is 0 Å². The van der Waals surface area contributed by atoms with Crippen molar-refractivity contribution in [2.45, 2.75) is 13.8 Å². The number of pyridine rings is 1. The molecular weight excluding hydrogens is 332 g/mol. The first kappa shape index (κ1) is 17.5. The van der Waals surface area contributed by atoms with E-state index in [1.807, 2.05) is 32.0 Å². The molecule has 3 aromatic rings. The molecule has 1 amide bonds. The van der Waals surface area contributed by atoms with Crippen molar-refractivity contribution < 1.29 is 13.9 Å². The number of ether oxygens (including phenoxy) is 1. The fourth-order valence-electron chi connectivity index (χ4n) is 2.67. The zero-order chi connectivity index (χ0) is 18.5. The second kappa shape index (κ2) is 7.74. The van der Waals surface area contributed by atoms with E-state index in [4.69, 9.17) is 9.15 Å². The van der Waals surface area contributed by atoms with Crippen LogP contribution >= 0.6 is 0 Å². The monoisotopic (exact) mass is 352 g/mol. The van der Waals surface area contributed by atoms with E-state index in [-0.39, 0.29) is 5.56 Å². The Bertz CT molecular complexity index is 938. The lowest BCUT2D eigenvalue weighted by Gasteiger charge is -2.12. The summed E-state index contributed by atoms with van der Waals surface area (Å²) < 4.78 is 11.0. The fraction of sp³-hybridized carbons (Fsp3) is 0.200. The first-order valence-electron chi connectivity index (χ1n) is 8.30. The summed E-state index contributed by atoms with van der Waals surface area (Å²) in [5, 5.41) is 2.70. The van der Waals surface area contributed by atoms with Crippen LogP contribution in [0.5, 0.6) is 5.75 Å². The molecule has 6 nitrogen and oxygen atoms in total. The van der Waals surface area contributed by atoms with Crippen molar-refractivity contribution in [3.63, 3.8) is 0 Å². The second-order valence-corrected chi connectivity index (χ2v) is 5.92. The van der Waals surface area contributed by atoms with Crippen LogP contribution < -0.4 is 15.6 Å². The number of benzene rings is 1. The molecule has 0 saturated heterocycles. The van der Waals surface area contributed by atoms with Crippen molar-refractivity contribution in [1.82, 2.24) is 10.3 Å². The van der Waals surface area contributed by atoms with Crippen LogP contribution in [0.15, 0.2) is 57.9 Å². The van der Waals surface area contributed by atoms with Crippen molar-refractivity contribution >= 4 is 5.91 Å². The van der Waals surface area contributed by atoms with Gasteiger partial charge in [0.1, 0.15) is 23.7 Å². The van der Waals surface area contributed by atoms with Gasteiger partial charge in [-0.2, -0.15) is 0 Å². The van der Waals surface area contributed by atoms with Crippen LogP contribution in [0.2, 0.25) is 0 Å². The first-order valence-corrected chi connectivity index (χ1v) is 8.30. The fourth-order valence-corrected chi connectivity index (χ4v) is 2.67. The average Bonchev–Trinajstić information content (AvgIpc) is 3.15. The van der Waals surface area contributed by atoms with Crippen molar-refractivity contribution in [1.29, 1.82) is 0 Å². The molecule has 0 atom stereocenters. The summed E-state index contributed by atoms with van der Waals surface area (Å²) >= 11 is 0.